The number of rotatable bonds is 4. The standard InChI is InChI=1S/C11H14FNO3/c1-13(6-7-14)11(15)10-8(12)4-3-5-9(10)16-2/h3-5,14H,6-7H2,1-2H3. The number of nitrogens with zero attached hydrogens (tertiary/aromatic N) is 1. The van der Waals surface area contributed by atoms with Crippen LogP contribution in [0.4, 0.5) is 4.39 Å². The third-order valence-corrected chi connectivity index (χ3v) is 2.19. The first-order valence-electron chi connectivity index (χ1n) is 4.80. The van der Waals surface area contributed by atoms with Gasteiger partial charge in [-0.1, -0.05) is 6.07 Å². The third-order valence-electron chi connectivity index (χ3n) is 2.19. The molecule has 1 amide bonds. The Balaban J connectivity index is 3.06. The molecule has 0 saturated heterocycles. The minimum atomic E-state index is -0.630. The molecule has 0 fully saturated rings. The van der Waals surface area contributed by atoms with Crippen molar-refractivity contribution in [1.82, 2.24) is 4.90 Å². The van der Waals surface area contributed by atoms with Gasteiger partial charge in [0.15, 0.2) is 0 Å². The summed E-state index contributed by atoms with van der Waals surface area (Å²) in [4.78, 5) is 13.1. The molecule has 88 valence electrons. The molecule has 0 aliphatic rings. The average molecular weight is 227 g/mol. The number of likely N-dealkylation sites (N-methyl/N-ethyl adjacent to an activating group) is 1. The number of hydrogen-bond acceptors (Lipinski definition) is 3. The van der Waals surface area contributed by atoms with Crippen LogP contribution in [0, 0.1) is 5.82 Å². The van der Waals surface area contributed by atoms with E-state index in [0.29, 0.717) is 0 Å². The molecule has 0 atom stereocenters. The van der Waals surface area contributed by atoms with E-state index in [1.165, 1.54) is 37.3 Å². The van der Waals surface area contributed by atoms with E-state index in [4.69, 9.17) is 9.84 Å². The molecular formula is C11H14FNO3. The fourth-order valence-corrected chi connectivity index (χ4v) is 1.32. The second-order valence-corrected chi connectivity index (χ2v) is 3.27. The van der Waals surface area contributed by atoms with Gasteiger partial charge in [0.2, 0.25) is 0 Å². The second kappa shape index (κ2) is 5.46. The quantitative estimate of drug-likeness (QED) is 0.831. The highest BCUT2D eigenvalue weighted by Crippen LogP contribution is 2.22. The van der Waals surface area contributed by atoms with Crippen molar-refractivity contribution in [3.05, 3.63) is 29.6 Å². The second-order valence-electron chi connectivity index (χ2n) is 3.27. The number of hydrogen-bond donors (Lipinski definition) is 1. The third kappa shape index (κ3) is 2.49. The molecule has 1 aromatic carbocycles. The molecule has 0 unspecified atom stereocenters. The molecule has 1 aromatic rings. The Morgan fingerprint density at radius 2 is 2.25 bits per heavy atom. The summed E-state index contributed by atoms with van der Waals surface area (Å²) in [6.45, 7) is -0.0185. The molecule has 0 aliphatic carbocycles. The van der Waals surface area contributed by atoms with Gasteiger partial charge in [0.05, 0.1) is 13.7 Å². The Morgan fingerprint density at radius 1 is 1.56 bits per heavy atom. The largest absolute Gasteiger partial charge is 0.496 e. The van der Waals surface area contributed by atoms with Gasteiger partial charge in [-0.3, -0.25) is 4.79 Å². The summed E-state index contributed by atoms with van der Waals surface area (Å²) >= 11 is 0. The van der Waals surface area contributed by atoms with E-state index in [1.54, 1.807) is 0 Å². The smallest absolute Gasteiger partial charge is 0.260 e. The van der Waals surface area contributed by atoms with Crippen LogP contribution >= 0.6 is 0 Å². The molecule has 0 heterocycles. The fraction of sp³-hybridized carbons (Fsp3) is 0.364. The van der Waals surface area contributed by atoms with Crippen molar-refractivity contribution >= 4 is 5.91 Å². The molecule has 0 spiro atoms. The lowest BCUT2D eigenvalue weighted by atomic mass is 10.1. The summed E-state index contributed by atoms with van der Waals surface area (Å²) in [6, 6.07) is 4.18. The number of aliphatic hydroxyl groups is 1. The zero-order valence-corrected chi connectivity index (χ0v) is 9.24. The summed E-state index contributed by atoms with van der Waals surface area (Å²) in [7, 11) is 2.86. The molecule has 0 aromatic heterocycles. The van der Waals surface area contributed by atoms with E-state index in [1.807, 2.05) is 0 Å². The van der Waals surface area contributed by atoms with Crippen molar-refractivity contribution in [2.24, 2.45) is 0 Å². The van der Waals surface area contributed by atoms with Crippen molar-refractivity contribution < 1.29 is 19.0 Å². The van der Waals surface area contributed by atoms with Gasteiger partial charge in [0.1, 0.15) is 17.1 Å². The highest BCUT2D eigenvalue weighted by molar-refractivity contribution is 5.97. The monoisotopic (exact) mass is 227 g/mol. The Hall–Kier alpha value is -1.62. The Labute approximate surface area is 93.3 Å². The highest BCUT2D eigenvalue weighted by Gasteiger charge is 2.20. The first-order valence-corrected chi connectivity index (χ1v) is 4.80. The van der Waals surface area contributed by atoms with Crippen molar-refractivity contribution in [2.45, 2.75) is 0 Å². The number of halogens is 1. The summed E-state index contributed by atoms with van der Waals surface area (Å²) < 4.78 is 18.4. The van der Waals surface area contributed by atoms with Gasteiger partial charge >= 0.3 is 0 Å². The lowest BCUT2D eigenvalue weighted by Gasteiger charge is -2.17. The van der Waals surface area contributed by atoms with Crippen LogP contribution in [0.2, 0.25) is 0 Å². The minimum Gasteiger partial charge on any atom is -0.496 e. The van der Waals surface area contributed by atoms with Gasteiger partial charge in [-0.15, -0.1) is 0 Å². The molecule has 16 heavy (non-hydrogen) atoms. The minimum absolute atomic E-state index is 0.110. The maximum Gasteiger partial charge on any atom is 0.260 e. The van der Waals surface area contributed by atoms with E-state index < -0.39 is 11.7 Å². The number of amides is 1. The number of aliphatic hydroxyl groups excluding tert-OH is 1. The highest BCUT2D eigenvalue weighted by atomic mass is 19.1. The van der Waals surface area contributed by atoms with Crippen molar-refractivity contribution in [3.63, 3.8) is 0 Å². The van der Waals surface area contributed by atoms with E-state index in [9.17, 15) is 9.18 Å². The molecular weight excluding hydrogens is 213 g/mol. The summed E-state index contributed by atoms with van der Waals surface area (Å²) in [5.41, 5.74) is -0.110. The fourth-order valence-electron chi connectivity index (χ4n) is 1.32. The maximum absolute atomic E-state index is 13.5. The molecule has 5 heteroatoms. The zero-order valence-electron chi connectivity index (χ0n) is 9.24. The summed E-state index contributed by atoms with van der Waals surface area (Å²) in [5, 5.41) is 8.71. The molecule has 1 rings (SSSR count). The molecule has 0 radical (unpaired) electrons. The van der Waals surface area contributed by atoms with Crippen LogP contribution in [-0.2, 0) is 0 Å². The SMILES string of the molecule is COc1cccc(F)c1C(=O)N(C)CCO. The van der Waals surface area contributed by atoms with Gasteiger partial charge in [-0.2, -0.15) is 0 Å². The predicted octanol–water partition coefficient (Wildman–Crippen LogP) is 0.899. The first kappa shape index (κ1) is 12.4. The van der Waals surface area contributed by atoms with E-state index >= 15 is 0 Å². The molecule has 0 bridgehead atoms. The lowest BCUT2D eigenvalue weighted by molar-refractivity contribution is 0.0758. The Kier molecular flexibility index (Phi) is 4.25. The zero-order chi connectivity index (χ0) is 12.1. The number of ether oxygens (including phenoxy) is 1. The first-order chi connectivity index (χ1) is 7.61. The number of carbonyl (C=O) groups excluding carboxylic acids is 1. The van der Waals surface area contributed by atoms with Crippen LogP contribution in [0.25, 0.3) is 0 Å². The van der Waals surface area contributed by atoms with E-state index in [0.717, 1.165) is 0 Å². The lowest BCUT2D eigenvalue weighted by Crippen LogP contribution is -2.30. The van der Waals surface area contributed by atoms with Crippen LogP contribution < -0.4 is 4.74 Å². The molecule has 1 N–H and O–H groups in total. The molecule has 0 aliphatic heterocycles. The predicted molar refractivity (Wildman–Crippen MR) is 57.0 cm³/mol. The average Bonchev–Trinajstić information content (AvgIpc) is 2.28. The van der Waals surface area contributed by atoms with Crippen LogP contribution in [0.5, 0.6) is 5.75 Å². The Morgan fingerprint density at radius 3 is 2.81 bits per heavy atom. The van der Waals surface area contributed by atoms with Crippen LogP contribution in [0.15, 0.2) is 18.2 Å². The van der Waals surface area contributed by atoms with Gasteiger partial charge in [0.25, 0.3) is 5.91 Å². The van der Waals surface area contributed by atoms with Gasteiger partial charge < -0.3 is 14.7 Å². The topological polar surface area (TPSA) is 49.8 Å². The molecule has 4 nitrogen and oxygen atoms in total. The van der Waals surface area contributed by atoms with Gasteiger partial charge in [-0.05, 0) is 12.1 Å². The number of benzene rings is 1. The van der Waals surface area contributed by atoms with Crippen molar-refractivity contribution in [2.75, 3.05) is 27.3 Å². The van der Waals surface area contributed by atoms with Gasteiger partial charge in [0, 0.05) is 13.6 Å². The summed E-state index contributed by atoms with van der Waals surface area (Å²) in [6.07, 6.45) is 0. The molecule has 0 saturated carbocycles. The van der Waals surface area contributed by atoms with Crippen LogP contribution in [-0.4, -0.2) is 43.2 Å². The van der Waals surface area contributed by atoms with Crippen molar-refractivity contribution in [3.8, 4) is 5.75 Å². The van der Waals surface area contributed by atoms with Crippen molar-refractivity contribution in [1.29, 1.82) is 0 Å². The van der Waals surface area contributed by atoms with Crippen LogP contribution in [0.1, 0.15) is 10.4 Å². The number of methoxy groups -OCH3 is 1. The van der Waals surface area contributed by atoms with E-state index in [-0.39, 0.29) is 24.5 Å². The normalized spacial score (nSPS) is 10.0. The number of carbonyl (C=O) groups is 1. The van der Waals surface area contributed by atoms with Crippen LogP contribution in [0.3, 0.4) is 0 Å². The Bertz CT molecular complexity index is 381. The summed E-state index contributed by atoms with van der Waals surface area (Å²) in [5.74, 6) is -0.951. The maximum atomic E-state index is 13.5. The van der Waals surface area contributed by atoms with Gasteiger partial charge in [-0.25, -0.2) is 4.39 Å². The van der Waals surface area contributed by atoms with E-state index in [2.05, 4.69) is 0 Å².